The number of thiophene rings is 1. The number of ether oxygens (including phenoxy) is 1. The molecule has 0 unspecified atom stereocenters. The van der Waals surface area contributed by atoms with Crippen LogP contribution in [0, 0.1) is 10.1 Å². The lowest BCUT2D eigenvalue weighted by Crippen LogP contribution is -2.27. The standard InChI is InChI=1S/C14H13N3O6S/c1-2-23-14(20)10-5-6-24-13(10)15-11(18)8-16-7-9(17(21)22)3-4-12(16)19/h3-7H,2,8H2,1H3,(H,15,18). The summed E-state index contributed by atoms with van der Waals surface area (Å²) in [5.41, 5.74) is -0.639. The van der Waals surface area contributed by atoms with Crippen LogP contribution in [0.1, 0.15) is 17.3 Å². The first-order chi connectivity index (χ1) is 11.4. The number of anilines is 1. The van der Waals surface area contributed by atoms with E-state index >= 15 is 0 Å². The van der Waals surface area contributed by atoms with Crippen LogP contribution < -0.4 is 10.9 Å². The van der Waals surface area contributed by atoms with Crippen LogP contribution in [0.2, 0.25) is 0 Å². The molecule has 24 heavy (non-hydrogen) atoms. The van der Waals surface area contributed by atoms with Gasteiger partial charge in [-0.05, 0) is 18.4 Å². The number of esters is 1. The fraction of sp³-hybridized carbons (Fsp3) is 0.214. The molecular weight excluding hydrogens is 338 g/mol. The quantitative estimate of drug-likeness (QED) is 0.480. The van der Waals surface area contributed by atoms with Gasteiger partial charge in [-0.1, -0.05) is 0 Å². The number of nitrogens with one attached hydrogen (secondary N) is 1. The molecule has 9 nitrogen and oxygen atoms in total. The van der Waals surface area contributed by atoms with Crippen molar-refractivity contribution in [3.05, 3.63) is 55.8 Å². The van der Waals surface area contributed by atoms with Crippen molar-refractivity contribution in [1.82, 2.24) is 4.57 Å². The molecule has 0 radical (unpaired) electrons. The number of aromatic nitrogens is 1. The Morgan fingerprint density at radius 2 is 2.12 bits per heavy atom. The second-order valence-electron chi connectivity index (χ2n) is 4.54. The van der Waals surface area contributed by atoms with Gasteiger partial charge in [0.1, 0.15) is 11.5 Å². The second-order valence-corrected chi connectivity index (χ2v) is 5.46. The number of carbonyl (C=O) groups is 2. The van der Waals surface area contributed by atoms with Gasteiger partial charge in [0.15, 0.2) is 0 Å². The van der Waals surface area contributed by atoms with Crippen molar-refractivity contribution >= 4 is 33.9 Å². The Hall–Kier alpha value is -3.01. The molecule has 0 fully saturated rings. The fourth-order valence-corrected chi connectivity index (χ4v) is 2.64. The van der Waals surface area contributed by atoms with E-state index < -0.39 is 28.9 Å². The molecule has 10 heteroatoms. The zero-order valence-corrected chi connectivity index (χ0v) is 13.4. The lowest BCUT2D eigenvalue weighted by Gasteiger charge is -2.07. The van der Waals surface area contributed by atoms with Crippen molar-refractivity contribution in [2.75, 3.05) is 11.9 Å². The molecule has 2 aromatic rings. The highest BCUT2D eigenvalue weighted by Crippen LogP contribution is 2.24. The van der Waals surface area contributed by atoms with E-state index in [1.54, 1.807) is 12.3 Å². The molecular formula is C14H13N3O6S. The van der Waals surface area contributed by atoms with E-state index in [4.69, 9.17) is 4.74 Å². The highest BCUT2D eigenvalue weighted by molar-refractivity contribution is 7.14. The molecule has 0 aliphatic heterocycles. The number of hydrogen-bond acceptors (Lipinski definition) is 7. The van der Waals surface area contributed by atoms with Gasteiger partial charge in [0.2, 0.25) is 5.91 Å². The summed E-state index contributed by atoms with van der Waals surface area (Å²) in [5, 5.41) is 15.1. The molecule has 0 aliphatic rings. The minimum Gasteiger partial charge on any atom is -0.462 e. The third kappa shape index (κ3) is 4.04. The number of rotatable bonds is 6. The SMILES string of the molecule is CCOC(=O)c1ccsc1NC(=O)Cn1cc([N+](=O)[O-])ccc1=O. The number of nitro groups is 1. The van der Waals surface area contributed by atoms with Crippen LogP contribution >= 0.6 is 11.3 Å². The molecule has 126 valence electrons. The summed E-state index contributed by atoms with van der Waals surface area (Å²) >= 11 is 1.13. The number of nitrogens with zero attached hydrogens (tertiary/aromatic N) is 2. The van der Waals surface area contributed by atoms with E-state index in [1.165, 1.54) is 6.07 Å². The molecule has 0 aliphatic carbocycles. The van der Waals surface area contributed by atoms with Crippen LogP contribution in [0.5, 0.6) is 0 Å². The lowest BCUT2D eigenvalue weighted by atomic mass is 10.3. The molecule has 2 aromatic heterocycles. The molecule has 0 aromatic carbocycles. The van der Waals surface area contributed by atoms with Crippen LogP contribution in [-0.4, -0.2) is 28.0 Å². The average molecular weight is 351 g/mol. The van der Waals surface area contributed by atoms with Gasteiger partial charge in [0, 0.05) is 12.1 Å². The van der Waals surface area contributed by atoms with Crippen LogP contribution in [0.3, 0.4) is 0 Å². The number of pyridine rings is 1. The molecule has 0 bridgehead atoms. The van der Waals surface area contributed by atoms with Gasteiger partial charge in [-0.3, -0.25) is 24.3 Å². The zero-order valence-electron chi connectivity index (χ0n) is 12.6. The van der Waals surface area contributed by atoms with E-state index in [1.807, 2.05) is 0 Å². The monoisotopic (exact) mass is 351 g/mol. The summed E-state index contributed by atoms with van der Waals surface area (Å²) in [5.74, 6) is -1.16. The summed E-state index contributed by atoms with van der Waals surface area (Å²) in [7, 11) is 0. The Kier molecular flexibility index (Phi) is 5.42. The third-order valence-electron chi connectivity index (χ3n) is 2.91. The van der Waals surface area contributed by atoms with Crippen LogP contribution in [0.25, 0.3) is 0 Å². The van der Waals surface area contributed by atoms with Gasteiger partial charge in [0.25, 0.3) is 11.2 Å². The van der Waals surface area contributed by atoms with Crippen LogP contribution in [-0.2, 0) is 16.1 Å². The van der Waals surface area contributed by atoms with E-state index in [-0.39, 0.29) is 22.9 Å². The molecule has 2 rings (SSSR count). The van der Waals surface area contributed by atoms with Crippen LogP contribution in [0.15, 0.2) is 34.6 Å². The summed E-state index contributed by atoms with van der Waals surface area (Å²) in [4.78, 5) is 45.6. The van der Waals surface area contributed by atoms with Crippen molar-refractivity contribution in [2.45, 2.75) is 13.5 Å². The summed E-state index contributed by atoms with van der Waals surface area (Å²) < 4.78 is 5.80. The highest BCUT2D eigenvalue weighted by atomic mass is 32.1. The normalized spacial score (nSPS) is 10.2. The van der Waals surface area contributed by atoms with Gasteiger partial charge < -0.3 is 10.1 Å². The topological polar surface area (TPSA) is 121 Å². The summed E-state index contributed by atoms with van der Waals surface area (Å²) in [6.45, 7) is 1.45. The Morgan fingerprint density at radius 3 is 2.79 bits per heavy atom. The first-order valence-electron chi connectivity index (χ1n) is 6.81. The first-order valence-corrected chi connectivity index (χ1v) is 7.69. The van der Waals surface area contributed by atoms with Crippen LogP contribution in [0.4, 0.5) is 10.7 Å². The first kappa shape index (κ1) is 17.3. The largest absolute Gasteiger partial charge is 0.462 e. The second kappa shape index (κ2) is 7.51. The van der Waals surface area contributed by atoms with Crippen molar-refractivity contribution in [3.63, 3.8) is 0 Å². The molecule has 0 spiro atoms. The summed E-state index contributed by atoms with van der Waals surface area (Å²) in [6.07, 6.45) is 0.989. The third-order valence-corrected chi connectivity index (χ3v) is 3.74. The van der Waals surface area contributed by atoms with Gasteiger partial charge in [-0.25, -0.2) is 4.79 Å². The minimum absolute atomic E-state index is 0.200. The van der Waals surface area contributed by atoms with E-state index in [9.17, 15) is 24.5 Å². The summed E-state index contributed by atoms with van der Waals surface area (Å²) in [6, 6.07) is 3.59. The molecule has 1 N–H and O–H groups in total. The van der Waals surface area contributed by atoms with Gasteiger partial charge in [0.05, 0.1) is 23.3 Å². The number of amides is 1. The molecule has 2 heterocycles. The lowest BCUT2D eigenvalue weighted by molar-refractivity contribution is -0.385. The van der Waals surface area contributed by atoms with Crippen molar-refractivity contribution in [1.29, 1.82) is 0 Å². The Balaban J connectivity index is 2.14. The van der Waals surface area contributed by atoms with Gasteiger partial charge in [-0.15, -0.1) is 11.3 Å². The molecule has 0 saturated heterocycles. The maximum Gasteiger partial charge on any atom is 0.341 e. The maximum absolute atomic E-state index is 12.1. The number of hydrogen-bond donors (Lipinski definition) is 1. The van der Waals surface area contributed by atoms with Crippen molar-refractivity contribution in [3.8, 4) is 0 Å². The van der Waals surface area contributed by atoms with Gasteiger partial charge >= 0.3 is 5.97 Å². The molecule has 0 saturated carbocycles. The number of carbonyl (C=O) groups excluding carboxylic acids is 2. The van der Waals surface area contributed by atoms with E-state index in [0.717, 1.165) is 34.2 Å². The fourth-order valence-electron chi connectivity index (χ4n) is 1.85. The highest BCUT2D eigenvalue weighted by Gasteiger charge is 2.17. The predicted octanol–water partition coefficient (Wildman–Crippen LogP) is 1.63. The zero-order chi connectivity index (χ0) is 17.7. The maximum atomic E-state index is 12.1. The Bertz CT molecular complexity index is 841. The average Bonchev–Trinajstić information content (AvgIpc) is 2.97. The minimum atomic E-state index is -0.661. The molecule has 0 atom stereocenters. The van der Waals surface area contributed by atoms with E-state index in [0.29, 0.717) is 0 Å². The Labute approximate surface area is 139 Å². The predicted molar refractivity (Wildman–Crippen MR) is 86.3 cm³/mol. The molecule has 1 amide bonds. The van der Waals surface area contributed by atoms with Crippen molar-refractivity contribution in [2.24, 2.45) is 0 Å². The van der Waals surface area contributed by atoms with Gasteiger partial charge in [-0.2, -0.15) is 0 Å². The van der Waals surface area contributed by atoms with E-state index in [2.05, 4.69) is 5.32 Å². The van der Waals surface area contributed by atoms with Crippen molar-refractivity contribution < 1.29 is 19.2 Å². The Morgan fingerprint density at radius 1 is 1.38 bits per heavy atom. The smallest absolute Gasteiger partial charge is 0.341 e.